The molecule has 23 heavy (non-hydrogen) atoms. The van der Waals surface area contributed by atoms with Gasteiger partial charge < -0.3 is 0 Å². The van der Waals surface area contributed by atoms with Gasteiger partial charge in [-0.15, -0.1) is 0 Å². The highest BCUT2D eigenvalue weighted by Gasteiger charge is 2.36. The first kappa shape index (κ1) is 17.4. The molecule has 0 atom stereocenters. The molecule has 10 heteroatoms. The Hall–Kier alpha value is -1.94. The first-order valence-corrected chi connectivity index (χ1v) is 8.19. The zero-order valence-corrected chi connectivity index (χ0v) is 13.0. The predicted octanol–water partition coefficient (Wildman–Crippen LogP) is 1.75. The van der Waals surface area contributed by atoms with Crippen LogP contribution in [0.3, 0.4) is 0 Å². The number of aryl methyl sites for hydroxylation is 2. The highest BCUT2D eigenvalue weighted by molar-refractivity contribution is 7.89. The molecule has 0 amide bonds. The third-order valence-corrected chi connectivity index (χ3v) is 4.55. The molecule has 2 aromatic rings. The van der Waals surface area contributed by atoms with E-state index in [9.17, 15) is 21.6 Å². The number of nitrogens with one attached hydrogen (secondary N) is 1. The van der Waals surface area contributed by atoms with Crippen LogP contribution in [-0.4, -0.2) is 29.7 Å². The Kier molecular flexibility index (Phi) is 5.05. The van der Waals surface area contributed by atoms with Crippen LogP contribution in [0.5, 0.6) is 0 Å². The van der Waals surface area contributed by atoms with Gasteiger partial charge in [0.15, 0.2) is 10.7 Å². The van der Waals surface area contributed by atoms with Crippen molar-refractivity contribution < 1.29 is 21.6 Å². The van der Waals surface area contributed by atoms with Crippen molar-refractivity contribution in [2.75, 3.05) is 6.54 Å². The molecule has 0 aliphatic carbocycles. The Morgan fingerprint density at radius 3 is 2.61 bits per heavy atom. The molecule has 0 saturated heterocycles. The lowest BCUT2D eigenvalue weighted by Gasteiger charge is -2.06. The molecule has 0 aliphatic heterocycles. The summed E-state index contributed by atoms with van der Waals surface area (Å²) in [6.07, 6.45) is -2.03. The summed E-state index contributed by atoms with van der Waals surface area (Å²) in [6, 6.07) is 5.92. The van der Waals surface area contributed by atoms with E-state index < -0.39 is 26.9 Å². The van der Waals surface area contributed by atoms with E-state index in [4.69, 9.17) is 0 Å². The number of rotatable bonds is 6. The second-order valence-corrected chi connectivity index (χ2v) is 6.53. The summed E-state index contributed by atoms with van der Waals surface area (Å²) in [5, 5.41) is 2.66. The number of alkyl halides is 3. The minimum Gasteiger partial charge on any atom is -0.261 e. The van der Waals surface area contributed by atoms with Gasteiger partial charge in [-0.25, -0.2) is 13.1 Å². The van der Waals surface area contributed by atoms with E-state index in [0.717, 1.165) is 12.7 Å². The molecule has 0 spiro atoms. The molecular weight excluding hydrogens is 333 g/mol. The van der Waals surface area contributed by atoms with Crippen LogP contribution in [0, 0.1) is 0 Å². The lowest BCUT2D eigenvalue weighted by atomic mass is 10.2. The van der Waals surface area contributed by atoms with E-state index in [1.807, 2.05) is 12.1 Å². The first-order chi connectivity index (χ1) is 10.7. The van der Waals surface area contributed by atoms with E-state index in [-0.39, 0.29) is 6.54 Å². The fourth-order valence-corrected chi connectivity index (χ4v) is 3.15. The lowest BCUT2D eigenvalue weighted by molar-refractivity contribution is -0.141. The quantitative estimate of drug-likeness (QED) is 0.807. The van der Waals surface area contributed by atoms with Crippen molar-refractivity contribution >= 4 is 10.0 Å². The second kappa shape index (κ2) is 6.67. The van der Waals surface area contributed by atoms with Crippen LogP contribution in [0.4, 0.5) is 13.2 Å². The standard InChI is InChI=1S/C13H15F3N4O2S/c1-20-12(9-11(19-20)13(14,15)16)23(21,22)18-8-4-6-10-5-2-3-7-17-10/h2-3,5,7,9,18H,4,6,8H2,1H3. The van der Waals surface area contributed by atoms with Gasteiger partial charge in [0.2, 0.25) is 0 Å². The fraction of sp³-hybridized carbons (Fsp3) is 0.385. The van der Waals surface area contributed by atoms with Gasteiger partial charge in [0.1, 0.15) is 0 Å². The third kappa shape index (κ3) is 4.52. The van der Waals surface area contributed by atoms with Crippen molar-refractivity contribution in [2.24, 2.45) is 7.05 Å². The third-order valence-electron chi connectivity index (χ3n) is 3.03. The average Bonchev–Trinajstić information content (AvgIpc) is 2.88. The Morgan fingerprint density at radius 2 is 2.04 bits per heavy atom. The van der Waals surface area contributed by atoms with Crippen LogP contribution in [0.1, 0.15) is 17.8 Å². The maximum Gasteiger partial charge on any atom is 0.435 e. The van der Waals surface area contributed by atoms with E-state index in [2.05, 4.69) is 14.8 Å². The lowest BCUT2D eigenvalue weighted by Crippen LogP contribution is -2.27. The minimum atomic E-state index is -4.69. The van der Waals surface area contributed by atoms with Crippen LogP contribution in [-0.2, 0) is 29.7 Å². The van der Waals surface area contributed by atoms with Gasteiger partial charge >= 0.3 is 6.18 Å². The van der Waals surface area contributed by atoms with Crippen LogP contribution < -0.4 is 4.72 Å². The van der Waals surface area contributed by atoms with Gasteiger partial charge in [0, 0.05) is 31.5 Å². The van der Waals surface area contributed by atoms with Gasteiger partial charge in [0.25, 0.3) is 10.0 Å². The van der Waals surface area contributed by atoms with Gasteiger partial charge in [0.05, 0.1) is 0 Å². The predicted molar refractivity (Wildman–Crippen MR) is 76.0 cm³/mol. The van der Waals surface area contributed by atoms with Crippen molar-refractivity contribution in [3.63, 3.8) is 0 Å². The summed E-state index contributed by atoms with van der Waals surface area (Å²) in [7, 11) is -2.90. The summed E-state index contributed by atoms with van der Waals surface area (Å²) in [6.45, 7) is 0.0887. The Bertz CT molecular complexity index is 757. The van der Waals surface area contributed by atoms with Crippen molar-refractivity contribution in [1.29, 1.82) is 0 Å². The zero-order chi connectivity index (χ0) is 17.1. The van der Waals surface area contributed by atoms with Gasteiger partial charge in [-0.2, -0.15) is 18.3 Å². The fourth-order valence-electron chi connectivity index (χ4n) is 1.94. The smallest absolute Gasteiger partial charge is 0.261 e. The van der Waals surface area contributed by atoms with Crippen LogP contribution in [0.2, 0.25) is 0 Å². The molecule has 2 aromatic heterocycles. The number of hydrogen-bond donors (Lipinski definition) is 1. The molecular formula is C13H15F3N4O2S. The molecule has 0 aliphatic rings. The molecule has 0 radical (unpaired) electrons. The molecule has 0 bridgehead atoms. The van der Waals surface area contributed by atoms with Crippen molar-refractivity contribution in [2.45, 2.75) is 24.0 Å². The second-order valence-electron chi connectivity index (χ2n) is 4.81. The summed E-state index contributed by atoms with van der Waals surface area (Å²) in [5.41, 5.74) is -0.430. The zero-order valence-electron chi connectivity index (χ0n) is 12.2. The van der Waals surface area contributed by atoms with E-state index in [0.29, 0.717) is 23.6 Å². The maximum absolute atomic E-state index is 12.6. The summed E-state index contributed by atoms with van der Waals surface area (Å²) in [4.78, 5) is 4.10. The number of sulfonamides is 1. The molecule has 2 heterocycles. The Labute approximate surface area is 131 Å². The van der Waals surface area contributed by atoms with Crippen LogP contribution >= 0.6 is 0 Å². The molecule has 6 nitrogen and oxygen atoms in total. The topological polar surface area (TPSA) is 76.9 Å². The minimum absolute atomic E-state index is 0.0887. The van der Waals surface area contributed by atoms with E-state index >= 15 is 0 Å². The van der Waals surface area contributed by atoms with Gasteiger partial charge in [-0.1, -0.05) is 6.07 Å². The normalized spacial score (nSPS) is 12.5. The van der Waals surface area contributed by atoms with Gasteiger partial charge in [-0.3, -0.25) is 9.67 Å². The summed E-state index contributed by atoms with van der Waals surface area (Å²) >= 11 is 0. The Morgan fingerprint density at radius 1 is 1.30 bits per heavy atom. The highest BCUT2D eigenvalue weighted by atomic mass is 32.2. The number of hydrogen-bond acceptors (Lipinski definition) is 4. The van der Waals surface area contributed by atoms with E-state index in [1.54, 1.807) is 12.3 Å². The van der Waals surface area contributed by atoms with Gasteiger partial charge in [-0.05, 0) is 25.0 Å². The molecule has 0 aromatic carbocycles. The van der Waals surface area contributed by atoms with E-state index in [1.165, 1.54) is 0 Å². The summed E-state index contributed by atoms with van der Waals surface area (Å²) in [5.74, 6) is 0. The molecule has 0 fully saturated rings. The average molecular weight is 348 g/mol. The SMILES string of the molecule is Cn1nc(C(F)(F)F)cc1S(=O)(=O)NCCCc1ccccn1. The van der Waals surface area contributed by atoms with Crippen molar-refractivity contribution in [3.8, 4) is 0 Å². The van der Waals surface area contributed by atoms with Crippen molar-refractivity contribution in [1.82, 2.24) is 19.5 Å². The van der Waals surface area contributed by atoms with Crippen molar-refractivity contribution in [3.05, 3.63) is 41.9 Å². The number of halogens is 3. The Balaban J connectivity index is 1.98. The number of aromatic nitrogens is 3. The molecule has 2 rings (SSSR count). The molecule has 126 valence electrons. The highest BCUT2D eigenvalue weighted by Crippen LogP contribution is 2.29. The summed E-state index contributed by atoms with van der Waals surface area (Å²) < 4.78 is 64.8. The molecule has 0 unspecified atom stereocenters. The van der Waals surface area contributed by atoms with Crippen LogP contribution in [0.25, 0.3) is 0 Å². The van der Waals surface area contributed by atoms with Crippen LogP contribution in [0.15, 0.2) is 35.5 Å². The first-order valence-electron chi connectivity index (χ1n) is 6.71. The molecule has 1 N–H and O–H groups in total. The maximum atomic E-state index is 12.6. The number of pyridine rings is 1. The largest absolute Gasteiger partial charge is 0.435 e. The monoisotopic (exact) mass is 348 g/mol. The number of nitrogens with zero attached hydrogens (tertiary/aromatic N) is 3. The molecule has 0 saturated carbocycles.